The van der Waals surface area contributed by atoms with Crippen LogP contribution in [0, 0.1) is 11.7 Å². The number of anilines is 1. The summed E-state index contributed by atoms with van der Waals surface area (Å²) in [5.74, 6) is 0.509. The molecule has 0 saturated heterocycles. The van der Waals surface area contributed by atoms with Crippen molar-refractivity contribution in [2.45, 2.75) is 19.8 Å². The summed E-state index contributed by atoms with van der Waals surface area (Å²) in [5.41, 5.74) is 4.08. The minimum Gasteiger partial charge on any atom is -0.455 e. The van der Waals surface area contributed by atoms with E-state index in [-0.39, 0.29) is 11.7 Å². The Balaban J connectivity index is 1.95. The topological polar surface area (TPSA) is 54.3 Å². The molecule has 1 atom stereocenters. The van der Waals surface area contributed by atoms with Gasteiger partial charge in [0.25, 0.3) is 5.91 Å². The minimum absolute atomic E-state index is 0.211. The zero-order valence-corrected chi connectivity index (χ0v) is 14.9. The summed E-state index contributed by atoms with van der Waals surface area (Å²) in [6, 6.07) is 10.0. The molecule has 0 aliphatic carbocycles. The SMILES string of the molecule is CNC(=O)c1c(-c2ccc(F)cc2)oc2cc3c(cc12)CC(C)CCN3. The van der Waals surface area contributed by atoms with E-state index in [0.717, 1.165) is 30.5 Å². The van der Waals surface area contributed by atoms with Gasteiger partial charge in [-0.05, 0) is 54.7 Å². The molecule has 4 nitrogen and oxygen atoms in total. The smallest absolute Gasteiger partial charge is 0.255 e. The number of carbonyl (C=O) groups excluding carboxylic acids is 1. The van der Waals surface area contributed by atoms with E-state index in [1.807, 2.05) is 6.07 Å². The zero-order chi connectivity index (χ0) is 18.3. The van der Waals surface area contributed by atoms with Crippen molar-refractivity contribution in [2.75, 3.05) is 18.9 Å². The van der Waals surface area contributed by atoms with Crippen molar-refractivity contribution in [1.29, 1.82) is 0 Å². The van der Waals surface area contributed by atoms with E-state index in [4.69, 9.17) is 4.42 Å². The summed E-state index contributed by atoms with van der Waals surface area (Å²) in [6.07, 6.45) is 2.07. The second kappa shape index (κ2) is 6.48. The largest absolute Gasteiger partial charge is 0.455 e. The number of fused-ring (bicyclic) bond motifs is 2. The molecular formula is C21H21FN2O2. The van der Waals surface area contributed by atoms with Crippen LogP contribution in [-0.4, -0.2) is 19.5 Å². The van der Waals surface area contributed by atoms with Crippen molar-refractivity contribution >= 4 is 22.6 Å². The molecule has 1 aliphatic heterocycles. The molecular weight excluding hydrogens is 331 g/mol. The molecule has 0 saturated carbocycles. The second-order valence-electron chi connectivity index (χ2n) is 6.92. The summed E-state index contributed by atoms with van der Waals surface area (Å²) >= 11 is 0. The molecule has 4 rings (SSSR count). The van der Waals surface area contributed by atoms with Gasteiger partial charge in [-0.1, -0.05) is 6.92 Å². The van der Waals surface area contributed by atoms with Gasteiger partial charge in [-0.15, -0.1) is 0 Å². The third-order valence-corrected chi connectivity index (χ3v) is 5.00. The highest BCUT2D eigenvalue weighted by Gasteiger charge is 2.24. The number of amides is 1. The van der Waals surface area contributed by atoms with Crippen LogP contribution in [-0.2, 0) is 6.42 Å². The van der Waals surface area contributed by atoms with Crippen molar-refractivity contribution < 1.29 is 13.6 Å². The van der Waals surface area contributed by atoms with Crippen LogP contribution in [0.2, 0.25) is 0 Å². The standard InChI is InChI=1S/C21H21FN2O2/c1-12-7-8-24-17-11-18-16(10-14(17)9-12)19(21(25)23-2)20(26-18)13-3-5-15(22)6-4-13/h3-6,10-12,24H,7-9H2,1-2H3,(H,23,25). The van der Waals surface area contributed by atoms with Gasteiger partial charge < -0.3 is 15.1 Å². The molecule has 0 fully saturated rings. The summed E-state index contributed by atoms with van der Waals surface area (Å²) in [7, 11) is 1.60. The number of nitrogens with one attached hydrogen (secondary N) is 2. The maximum absolute atomic E-state index is 13.3. The highest BCUT2D eigenvalue weighted by Crippen LogP contribution is 2.38. The molecule has 26 heavy (non-hydrogen) atoms. The Morgan fingerprint density at radius 1 is 1.27 bits per heavy atom. The molecule has 0 bridgehead atoms. The Kier molecular flexibility index (Phi) is 4.15. The maximum Gasteiger partial charge on any atom is 0.255 e. The van der Waals surface area contributed by atoms with Crippen LogP contribution >= 0.6 is 0 Å². The van der Waals surface area contributed by atoms with Crippen LogP contribution in [0.4, 0.5) is 10.1 Å². The first kappa shape index (κ1) is 16.6. The molecule has 5 heteroatoms. The number of furan rings is 1. The molecule has 0 radical (unpaired) electrons. The summed E-state index contributed by atoms with van der Waals surface area (Å²) < 4.78 is 19.4. The van der Waals surface area contributed by atoms with Gasteiger partial charge in [-0.25, -0.2) is 4.39 Å². The molecule has 0 spiro atoms. The summed E-state index contributed by atoms with van der Waals surface area (Å²) in [6.45, 7) is 3.16. The Labute approximate surface area is 151 Å². The Morgan fingerprint density at radius 2 is 2.04 bits per heavy atom. The number of halogens is 1. The fraction of sp³-hybridized carbons (Fsp3) is 0.286. The van der Waals surface area contributed by atoms with Crippen molar-refractivity contribution in [2.24, 2.45) is 5.92 Å². The lowest BCUT2D eigenvalue weighted by atomic mass is 9.96. The van der Waals surface area contributed by atoms with Crippen molar-refractivity contribution in [3.63, 3.8) is 0 Å². The molecule has 1 amide bonds. The molecule has 1 unspecified atom stereocenters. The van der Waals surface area contributed by atoms with Crippen LogP contribution in [0.5, 0.6) is 0 Å². The summed E-state index contributed by atoms with van der Waals surface area (Å²) in [5, 5.41) is 6.94. The minimum atomic E-state index is -0.323. The summed E-state index contributed by atoms with van der Waals surface area (Å²) in [4.78, 5) is 12.6. The number of hydrogen-bond acceptors (Lipinski definition) is 3. The molecule has 1 aromatic heterocycles. The first-order valence-electron chi connectivity index (χ1n) is 8.88. The predicted molar refractivity (Wildman–Crippen MR) is 101 cm³/mol. The third kappa shape index (κ3) is 2.83. The van der Waals surface area contributed by atoms with Crippen LogP contribution in [0.15, 0.2) is 40.8 Å². The normalized spacial score (nSPS) is 16.7. The molecule has 134 valence electrons. The van der Waals surface area contributed by atoms with Gasteiger partial charge >= 0.3 is 0 Å². The molecule has 2 aromatic carbocycles. The van der Waals surface area contributed by atoms with E-state index in [2.05, 4.69) is 23.6 Å². The first-order valence-corrected chi connectivity index (χ1v) is 8.88. The van der Waals surface area contributed by atoms with Crippen molar-refractivity contribution in [3.8, 4) is 11.3 Å². The second-order valence-corrected chi connectivity index (χ2v) is 6.92. The van der Waals surface area contributed by atoms with Gasteiger partial charge in [0.15, 0.2) is 0 Å². The van der Waals surface area contributed by atoms with Gasteiger partial charge in [0.05, 0.1) is 5.56 Å². The Bertz CT molecular complexity index is 976. The van der Waals surface area contributed by atoms with Crippen LogP contribution in [0.25, 0.3) is 22.3 Å². The number of benzene rings is 2. The van der Waals surface area contributed by atoms with Gasteiger partial charge in [0.1, 0.15) is 17.2 Å². The monoisotopic (exact) mass is 352 g/mol. The zero-order valence-electron chi connectivity index (χ0n) is 14.9. The highest BCUT2D eigenvalue weighted by atomic mass is 19.1. The third-order valence-electron chi connectivity index (χ3n) is 5.00. The lowest BCUT2D eigenvalue weighted by molar-refractivity contribution is 0.0964. The molecule has 1 aliphatic rings. The highest BCUT2D eigenvalue weighted by molar-refractivity contribution is 6.11. The number of carbonyl (C=O) groups is 1. The Morgan fingerprint density at radius 3 is 2.77 bits per heavy atom. The van der Waals surface area contributed by atoms with Crippen LogP contribution in [0.3, 0.4) is 0 Å². The lowest BCUT2D eigenvalue weighted by Gasteiger charge is -2.08. The van der Waals surface area contributed by atoms with E-state index in [1.165, 1.54) is 17.7 Å². The molecule has 2 N–H and O–H groups in total. The molecule has 3 aromatic rings. The van der Waals surface area contributed by atoms with E-state index >= 15 is 0 Å². The van der Waals surface area contributed by atoms with Gasteiger partial charge in [0.2, 0.25) is 0 Å². The van der Waals surface area contributed by atoms with E-state index in [0.29, 0.717) is 28.4 Å². The first-order chi connectivity index (χ1) is 12.6. The van der Waals surface area contributed by atoms with Gasteiger partial charge in [-0.2, -0.15) is 0 Å². The fourth-order valence-electron chi connectivity index (χ4n) is 3.61. The van der Waals surface area contributed by atoms with Gasteiger partial charge in [0, 0.05) is 36.3 Å². The van der Waals surface area contributed by atoms with Gasteiger partial charge in [-0.3, -0.25) is 4.79 Å². The average Bonchev–Trinajstić information content (AvgIpc) is 2.89. The average molecular weight is 352 g/mol. The predicted octanol–water partition coefficient (Wildman–Crippen LogP) is 4.59. The number of hydrogen-bond donors (Lipinski definition) is 2. The fourth-order valence-corrected chi connectivity index (χ4v) is 3.61. The van der Waals surface area contributed by atoms with Crippen LogP contribution in [0.1, 0.15) is 29.3 Å². The Hall–Kier alpha value is -2.82. The number of rotatable bonds is 2. The van der Waals surface area contributed by atoms with E-state index in [9.17, 15) is 9.18 Å². The van der Waals surface area contributed by atoms with E-state index < -0.39 is 0 Å². The van der Waals surface area contributed by atoms with E-state index in [1.54, 1.807) is 19.2 Å². The van der Waals surface area contributed by atoms with Crippen molar-refractivity contribution in [1.82, 2.24) is 5.32 Å². The maximum atomic E-state index is 13.3. The lowest BCUT2D eigenvalue weighted by Crippen LogP contribution is -2.18. The van der Waals surface area contributed by atoms with Crippen LogP contribution < -0.4 is 10.6 Å². The van der Waals surface area contributed by atoms with Crippen molar-refractivity contribution in [3.05, 3.63) is 53.3 Å². The quantitative estimate of drug-likeness (QED) is 0.709. The molecule has 2 heterocycles.